The number of aromatic carboxylic acids is 1. The van der Waals surface area contributed by atoms with E-state index in [1.807, 2.05) is 30.3 Å². The maximum atomic E-state index is 10.8. The van der Waals surface area contributed by atoms with Gasteiger partial charge in [-0.05, 0) is 29.8 Å². The van der Waals surface area contributed by atoms with Crippen molar-refractivity contribution in [3.63, 3.8) is 0 Å². The fraction of sp³-hybridized carbons (Fsp3) is 0.0625. The maximum Gasteiger partial charge on any atom is 0.335 e. The first-order valence-electron chi connectivity index (χ1n) is 6.58. The van der Waals surface area contributed by atoms with Gasteiger partial charge in [-0.15, -0.1) is 0 Å². The third kappa shape index (κ3) is 3.48. The van der Waals surface area contributed by atoms with E-state index in [1.165, 1.54) is 23.7 Å². The van der Waals surface area contributed by atoms with Crippen LogP contribution in [0.15, 0.2) is 54.6 Å². The smallest absolute Gasteiger partial charge is 0.335 e. The van der Waals surface area contributed by atoms with Gasteiger partial charge in [-0.3, -0.25) is 0 Å². The SMILES string of the molecule is O=C(O)c1ccc(Oc2nc(Cc3ccccc3)ns2)cc1. The van der Waals surface area contributed by atoms with Crippen LogP contribution < -0.4 is 4.74 Å². The zero-order valence-electron chi connectivity index (χ0n) is 11.5. The van der Waals surface area contributed by atoms with Crippen molar-refractivity contribution in [1.82, 2.24) is 9.36 Å². The second-order valence-electron chi connectivity index (χ2n) is 4.57. The van der Waals surface area contributed by atoms with E-state index in [0.717, 1.165) is 5.56 Å². The number of carboxylic acid groups (broad SMARTS) is 1. The quantitative estimate of drug-likeness (QED) is 0.779. The molecule has 3 rings (SSSR count). The predicted molar refractivity (Wildman–Crippen MR) is 82.6 cm³/mol. The molecule has 1 heterocycles. The third-order valence-electron chi connectivity index (χ3n) is 2.96. The summed E-state index contributed by atoms with van der Waals surface area (Å²) in [5, 5.41) is 9.29. The van der Waals surface area contributed by atoms with Crippen molar-refractivity contribution in [2.24, 2.45) is 0 Å². The number of aromatic nitrogens is 2. The lowest BCUT2D eigenvalue weighted by Gasteiger charge is -2.01. The van der Waals surface area contributed by atoms with Gasteiger partial charge in [-0.2, -0.15) is 9.36 Å². The largest absolute Gasteiger partial charge is 0.478 e. The molecule has 0 radical (unpaired) electrons. The Morgan fingerprint density at radius 3 is 2.50 bits per heavy atom. The van der Waals surface area contributed by atoms with Crippen molar-refractivity contribution < 1.29 is 14.6 Å². The highest BCUT2D eigenvalue weighted by Gasteiger charge is 2.08. The van der Waals surface area contributed by atoms with Crippen LogP contribution in [0.4, 0.5) is 0 Å². The number of rotatable bonds is 5. The van der Waals surface area contributed by atoms with E-state index in [2.05, 4.69) is 9.36 Å². The lowest BCUT2D eigenvalue weighted by molar-refractivity contribution is 0.0697. The van der Waals surface area contributed by atoms with Crippen LogP contribution in [0, 0.1) is 0 Å². The van der Waals surface area contributed by atoms with Crippen molar-refractivity contribution in [2.45, 2.75) is 6.42 Å². The summed E-state index contributed by atoms with van der Waals surface area (Å²) in [7, 11) is 0. The minimum atomic E-state index is -0.965. The maximum absolute atomic E-state index is 10.8. The summed E-state index contributed by atoms with van der Waals surface area (Å²) in [5.74, 6) is 0.272. The summed E-state index contributed by atoms with van der Waals surface area (Å²) >= 11 is 1.17. The fourth-order valence-corrected chi connectivity index (χ4v) is 2.46. The minimum absolute atomic E-state index is 0.217. The van der Waals surface area contributed by atoms with Crippen LogP contribution in [0.1, 0.15) is 21.7 Å². The number of benzene rings is 2. The molecule has 110 valence electrons. The molecule has 0 atom stereocenters. The van der Waals surface area contributed by atoms with Crippen LogP contribution in [0.5, 0.6) is 10.9 Å². The standard InChI is InChI=1S/C16H12N2O3S/c19-15(20)12-6-8-13(9-7-12)21-16-17-14(18-22-16)10-11-4-2-1-3-5-11/h1-9H,10H2,(H,19,20). The average Bonchev–Trinajstić information content (AvgIpc) is 2.96. The van der Waals surface area contributed by atoms with Crippen molar-refractivity contribution in [2.75, 3.05) is 0 Å². The number of carboxylic acids is 1. The van der Waals surface area contributed by atoms with Gasteiger partial charge in [-0.25, -0.2) is 4.79 Å². The van der Waals surface area contributed by atoms with Gasteiger partial charge in [0, 0.05) is 18.0 Å². The van der Waals surface area contributed by atoms with Gasteiger partial charge in [0.1, 0.15) is 5.75 Å². The summed E-state index contributed by atoms with van der Waals surface area (Å²) in [6, 6.07) is 16.1. The first-order valence-corrected chi connectivity index (χ1v) is 7.36. The highest BCUT2D eigenvalue weighted by Crippen LogP contribution is 2.24. The zero-order valence-corrected chi connectivity index (χ0v) is 12.3. The Labute approximate surface area is 131 Å². The monoisotopic (exact) mass is 312 g/mol. The van der Waals surface area contributed by atoms with Gasteiger partial charge in [0.25, 0.3) is 5.19 Å². The molecule has 1 aromatic heterocycles. The van der Waals surface area contributed by atoms with Crippen molar-refractivity contribution in [3.05, 3.63) is 71.5 Å². The van der Waals surface area contributed by atoms with Gasteiger partial charge >= 0.3 is 5.97 Å². The summed E-state index contributed by atoms with van der Waals surface area (Å²) in [5.41, 5.74) is 1.35. The molecule has 0 unspecified atom stereocenters. The second-order valence-corrected chi connectivity index (χ2v) is 5.28. The summed E-state index contributed by atoms with van der Waals surface area (Å²) in [6.45, 7) is 0. The molecule has 0 aliphatic rings. The van der Waals surface area contributed by atoms with E-state index in [4.69, 9.17) is 9.84 Å². The molecule has 0 amide bonds. The Kier molecular flexibility index (Phi) is 4.11. The number of carbonyl (C=O) groups is 1. The molecule has 6 heteroatoms. The van der Waals surface area contributed by atoms with E-state index in [1.54, 1.807) is 12.1 Å². The normalized spacial score (nSPS) is 10.4. The van der Waals surface area contributed by atoms with Crippen LogP contribution in [-0.4, -0.2) is 20.4 Å². The van der Waals surface area contributed by atoms with Crippen LogP contribution in [0.2, 0.25) is 0 Å². The summed E-state index contributed by atoms with van der Waals surface area (Å²) in [6.07, 6.45) is 0.651. The Hall–Kier alpha value is -2.73. The molecule has 0 fully saturated rings. The number of nitrogens with zero attached hydrogens (tertiary/aromatic N) is 2. The topological polar surface area (TPSA) is 72.3 Å². The van der Waals surface area contributed by atoms with Crippen LogP contribution >= 0.6 is 11.5 Å². The van der Waals surface area contributed by atoms with E-state index in [-0.39, 0.29) is 5.56 Å². The number of ether oxygens (including phenoxy) is 1. The van der Waals surface area contributed by atoms with E-state index in [0.29, 0.717) is 23.2 Å². The van der Waals surface area contributed by atoms with E-state index < -0.39 is 5.97 Å². The van der Waals surface area contributed by atoms with Crippen LogP contribution in [0.3, 0.4) is 0 Å². The summed E-state index contributed by atoms with van der Waals surface area (Å²) < 4.78 is 9.85. The first-order chi connectivity index (χ1) is 10.7. The molecular formula is C16H12N2O3S. The van der Waals surface area contributed by atoms with Crippen molar-refractivity contribution in [1.29, 1.82) is 0 Å². The summed E-state index contributed by atoms with van der Waals surface area (Å²) in [4.78, 5) is 15.1. The highest BCUT2D eigenvalue weighted by atomic mass is 32.1. The highest BCUT2D eigenvalue weighted by molar-refractivity contribution is 7.07. The van der Waals surface area contributed by atoms with E-state index in [9.17, 15) is 4.79 Å². The molecule has 3 aromatic rings. The Morgan fingerprint density at radius 2 is 1.82 bits per heavy atom. The number of hydrogen-bond acceptors (Lipinski definition) is 5. The molecular weight excluding hydrogens is 300 g/mol. The molecule has 0 saturated heterocycles. The fourth-order valence-electron chi connectivity index (χ4n) is 1.90. The van der Waals surface area contributed by atoms with Crippen LogP contribution in [0.25, 0.3) is 0 Å². The molecule has 0 bridgehead atoms. The molecule has 0 saturated carbocycles. The third-order valence-corrected chi connectivity index (χ3v) is 3.59. The van der Waals surface area contributed by atoms with Gasteiger partial charge < -0.3 is 9.84 Å². The molecule has 0 aliphatic carbocycles. The van der Waals surface area contributed by atoms with Gasteiger partial charge in [0.15, 0.2) is 5.82 Å². The first kappa shape index (κ1) is 14.2. The molecule has 0 spiro atoms. The van der Waals surface area contributed by atoms with E-state index >= 15 is 0 Å². The molecule has 22 heavy (non-hydrogen) atoms. The number of hydrogen-bond donors (Lipinski definition) is 1. The molecule has 5 nitrogen and oxygen atoms in total. The van der Waals surface area contributed by atoms with Crippen LogP contribution in [-0.2, 0) is 6.42 Å². The average molecular weight is 312 g/mol. The molecule has 1 N–H and O–H groups in total. The Morgan fingerprint density at radius 1 is 1.09 bits per heavy atom. The second kappa shape index (κ2) is 6.36. The zero-order chi connectivity index (χ0) is 15.4. The van der Waals surface area contributed by atoms with Gasteiger partial charge in [0.2, 0.25) is 0 Å². The Bertz CT molecular complexity index is 770. The van der Waals surface area contributed by atoms with Crippen molar-refractivity contribution in [3.8, 4) is 10.9 Å². The molecule has 0 aliphatic heterocycles. The predicted octanol–water partition coefficient (Wildman–Crippen LogP) is 3.62. The van der Waals surface area contributed by atoms with Crippen molar-refractivity contribution >= 4 is 17.5 Å². The van der Waals surface area contributed by atoms with Gasteiger partial charge in [-0.1, -0.05) is 30.3 Å². The minimum Gasteiger partial charge on any atom is -0.478 e. The lowest BCUT2D eigenvalue weighted by atomic mass is 10.1. The Balaban J connectivity index is 1.67. The lowest BCUT2D eigenvalue weighted by Crippen LogP contribution is -1.95. The molecule has 2 aromatic carbocycles. The van der Waals surface area contributed by atoms with Gasteiger partial charge in [0.05, 0.1) is 5.56 Å².